The van der Waals surface area contributed by atoms with Gasteiger partial charge in [-0.3, -0.25) is 4.90 Å². The number of likely N-dealkylation sites (tertiary alicyclic amines) is 1. The van der Waals surface area contributed by atoms with Crippen molar-refractivity contribution in [2.45, 2.75) is 58.7 Å². The van der Waals surface area contributed by atoms with Crippen molar-refractivity contribution in [3.63, 3.8) is 0 Å². The average Bonchev–Trinajstić information content (AvgIpc) is 3.04. The third kappa shape index (κ3) is 5.79. The maximum absolute atomic E-state index is 11.9. The molecular formula is C20H28N4O3. The van der Waals surface area contributed by atoms with Crippen LogP contribution in [0, 0.1) is 6.92 Å². The van der Waals surface area contributed by atoms with Gasteiger partial charge in [-0.05, 0) is 52.7 Å². The highest BCUT2D eigenvalue weighted by atomic mass is 16.6. The molecule has 1 saturated heterocycles. The maximum atomic E-state index is 11.9. The number of carbonyl (C=O) groups is 1. The smallest absolute Gasteiger partial charge is 0.407 e. The standard InChI is InChI=1S/C20H28N4O3/c1-14-5-7-15(8-6-14)18-23-22-17(26-18)13-24-11-9-16(10-12-24)21-19(25)27-20(2,3)4/h5-8,16H,9-13H2,1-4H3,(H,21,25). The van der Waals surface area contributed by atoms with Crippen molar-refractivity contribution >= 4 is 6.09 Å². The third-order valence-electron chi connectivity index (χ3n) is 4.43. The van der Waals surface area contributed by atoms with Crippen LogP contribution < -0.4 is 5.32 Å². The van der Waals surface area contributed by atoms with Gasteiger partial charge in [-0.1, -0.05) is 17.7 Å². The number of benzene rings is 1. The number of piperidine rings is 1. The number of aromatic nitrogens is 2. The lowest BCUT2D eigenvalue weighted by molar-refractivity contribution is 0.0475. The number of hydrogen-bond donors (Lipinski definition) is 1. The minimum Gasteiger partial charge on any atom is -0.444 e. The van der Waals surface area contributed by atoms with Gasteiger partial charge in [-0.2, -0.15) is 0 Å². The van der Waals surface area contributed by atoms with Crippen LogP contribution in [0.25, 0.3) is 11.5 Å². The van der Waals surface area contributed by atoms with E-state index in [1.165, 1.54) is 5.56 Å². The van der Waals surface area contributed by atoms with Crippen LogP contribution in [0.1, 0.15) is 45.1 Å². The fraction of sp³-hybridized carbons (Fsp3) is 0.550. The Labute approximate surface area is 160 Å². The van der Waals surface area contributed by atoms with Gasteiger partial charge in [-0.25, -0.2) is 4.79 Å². The Bertz CT molecular complexity index is 756. The van der Waals surface area contributed by atoms with Crippen LogP contribution >= 0.6 is 0 Å². The summed E-state index contributed by atoms with van der Waals surface area (Å²) in [5, 5.41) is 11.3. The van der Waals surface area contributed by atoms with E-state index in [1.807, 2.05) is 52.0 Å². The van der Waals surface area contributed by atoms with Gasteiger partial charge in [0.05, 0.1) is 6.54 Å². The molecule has 3 rings (SSSR count). The summed E-state index contributed by atoms with van der Waals surface area (Å²) in [5.74, 6) is 1.16. The molecule has 0 bridgehead atoms. The van der Waals surface area contributed by atoms with E-state index in [1.54, 1.807) is 0 Å². The van der Waals surface area contributed by atoms with Gasteiger partial charge in [0.15, 0.2) is 0 Å². The number of alkyl carbamates (subject to hydrolysis) is 1. The van der Waals surface area contributed by atoms with E-state index in [0.29, 0.717) is 18.3 Å². The van der Waals surface area contributed by atoms with Gasteiger partial charge in [0, 0.05) is 24.7 Å². The Morgan fingerprint density at radius 3 is 2.52 bits per heavy atom. The molecule has 0 aliphatic carbocycles. The van der Waals surface area contributed by atoms with Crippen LogP contribution in [-0.2, 0) is 11.3 Å². The second kappa shape index (κ2) is 8.08. The zero-order valence-electron chi connectivity index (χ0n) is 16.5. The molecule has 0 spiro atoms. The molecule has 0 unspecified atom stereocenters. The topological polar surface area (TPSA) is 80.5 Å². The summed E-state index contributed by atoms with van der Waals surface area (Å²) in [6.07, 6.45) is 1.40. The Balaban J connectivity index is 1.47. The largest absolute Gasteiger partial charge is 0.444 e. The molecule has 2 aromatic rings. The molecule has 1 amide bonds. The number of amides is 1. The van der Waals surface area contributed by atoms with Crippen molar-refractivity contribution in [3.8, 4) is 11.5 Å². The van der Waals surface area contributed by atoms with E-state index >= 15 is 0 Å². The number of rotatable bonds is 4. The fourth-order valence-corrected chi connectivity index (χ4v) is 3.03. The number of nitrogens with one attached hydrogen (secondary N) is 1. The van der Waals surface area contributed by atoms with Crippen molar-refractivity contribution in [1.29, 1.82) is 0 Å². The van der Waals surface area contributed by atoms with Crippen LogP contribution in [0.2, 0.25) is 0 Å². The number of nitrogens with zero attached hydrogens (tertiary/aromatic N) is 3. The number of carbonyl (C=O) groups excluding carboxylic acids is 1. The Morgan fingerprint density at radius 1 is 1.22 bits per heavy atom. The summed E-state index contributed by atoms with van der Waals surface area (Å²) < 4.78 is 11.1. The molecule has 7 heteroatoms. The first kappa shape index (κ1) is 19.4. The molecule has 1 fully saturated rings. The fourth-order valence-electron chi connectivity index (χ4n) is 3.03. The van der Waals surface area contributed by atoms with E-state index in [0.717, 1.165) is 31.5 Å². The summed E-state index contributed by atoms with van der Waals surface area (Å²) in [5.41, 5.74) is 1.65. The zero-order chi connectivity index (χ0) is 19.4. The summed E-state index contributed by atoms with van der Waals surface area (Å²) in [6.45, 7) is 9.99. The summed E-state index contributed by atoms with van der Waals surface area (Å²) >= 11 is 0. The second-order valence-electron chi connectivity index (χ2n) is 8.06. The molecular weight excluding hydrogens is 344 g/mol. The number of hydrogen-bond acceptors (Lipinski definition) is 6. The first-order valence-electron chi connectivity index (χ1n) is 9.40. The summed E-state index contributed by atoms with van der Waals surface area (Å²) in [7, 11) is 0. The van der Waals surface area contributed by atoms with Crippen molar-refractivity contribution < 1.29 is 13.9 Å². The van der Waals surface area contributed by atoms with Gasteiger partial charge >= 0.3 is 6.09 Å². The minimum atomic E-state index is -0.474. The molecule has 1 aromatic heterocycles. The third-order valence-corrected chi connectivity index (χ3v) is 4.43. The van der Waals surface area contributed by atoms with Crippen LogP contribution in [0.15, 0.2) is 28.7 Å². The first-order chi connectivity index (χ1) is 12.8. The van der Waals surface area contributed by atoms with Gasteiger partial charge in [-0.15, -0.1) is 10.2 Å². The Morgan fingerprint density at radius 2 is 1.89 bits per heavy atom. The molecule has 1 aliphatic heterocycles. The molecule has 146 valence electrons. The lowest BCUT2D eigenvalue weighted by atomic mass is 10.1. The van der Waals surface area contributed by atoms with E-state index in [4.69, 9.17) is 9.15 Å². The SMILES string of the molecule is Cc1ccc(-c2nnc(CN3CCC(NC(=O)OC(C)(C)C)CC3)o2)cc1. The lowest BCUT2D eigenvalue weighted by Crippen LogP contribution is -2.45. The molecule has 0 radical (unpaired) electrons. The van der Waals surface area contributed by atoms with Gasteiger partial charge in [0.1, 0.15) is 5.60 Å². The van der Waals surface area contributed by atoms with Gasteiger partial charge < -0.3 is 14.5 Å². The van der Waals surface area contributed by atoms with E-state index in [9.17, 15) is 4.79 Å². The Kier molecular flexibility index (Phi) is 5.79. The predicted molar refractivity (Wildman–Crippen MR) is 102 cm³/mol. The van der Waals surface area contributed by atoms with Gasteiger partial charge in [0.25, 0.3) is 0 Å². The summed E-state index contributed by atoms with van der Waals surface area (Å²) in [4.78, 5) is 14.1. The predicted octanol–water partition coefficient (Wildman–Crippen LogP) is 3.53. The van der Waals surface area contributed by atoms with Crippen LogP contribution in [0.4, 0.5) is 4.79 Å². The van der Waals surface area contributed by atoms with Crippen LogP contribution in [-0.4, -0.2) is 45.9 Å². The van der Waals surface area contributed by atoms with E-state index in [2.05, 4.69) is 20.4 Å². The first-order valence-corrected chi connectivity index (χ1v) is 9.40. The zero-order valence-corrected chi connectivity index (χ0v) is 16.5. The van der Waals surface area contributed by atoms with Crippen LogP contribution in [0.5, 0.6) is 0 Å². The van der Waals surface area contributed by atoms with Crippen molar-refractivity contribution in [2.24, 2.45) is 0 Å². The van der Waals surface area contributed by atoms with Crippen LogP contribution in [0.3, 0.4) is 0 Å². The molecule has 1 aromatic carbocycles. The van der Waals surface area contributed by atoms with E-state index in [-0.39, 0.29) is 12.1 Å². The molecule has 27 heavy (non-hydrogen) atoms. The number of ether oxygens (including phenoxy) is 1. The van der Waals surface area contributed by atoms with Crippen molar-refractivity contribution in [2.75, 3.05) is 13.1 Å². The molecule has 2 heterocycles. The Hall–Kier alpha value is -2.41. The quantitative estimate of drug-likeness (QED) is 0.884. The van der Waals surface area contributed by atoms with Crippen molar-refractivity contribution in [1.82, 2.24) is 20.4 Å². The minimum absolute atomic E-state index is 0.141. The van der Waals surface area contributed by atoms with E-state index < -0.39 is 5.60 Å². The highest BCUT2D eigenvalue weighted by Gasteiger charge is 2.24. The van der Waals surface area contributed by atoms with Crippen molar-refractivity contribution in [3.05, 3.63) is 35.7 Å². The molecule has 1 N–H and O–H groups in total. The monoisotopic (exact) mass is 372 g/mol. The molecule has 7 nitrogen and oxygen atoms in total. The highest BCUT2D eigenvalue weighted by molar-refractivity contribution is 5.68. The van der Waals surface area contributed by atoms with Gasteiger partial charge in [0.2, 0.25) is 11.8 Å². The maximum Gasteiger partial charge on any atom is 0.407 e. The summed E-state index contributed by atoms with van der Waals surface area (Å²) in [6, 6.07) is 8.17. The number of aryl methyl sites for hydroxylation is 1. The normalized spacial score (nSPS) is 16.3. The molecule has 1 aliphatic rings. The molecule has 0 saturated carbocycles. The highest BCUT2D eigenvalue weighted by Crippen LogP contribution is 2.20. The lowest BCUT2D eigenvalue weighted by Gasteiger charge is -2.31. The molecule has 0 atom stereocenters. The average molecular weight is 372 g/mol. The second-order valence-corrected chi connectivity index (χ2v) is 8.06.